The molecule has 24 heavy (non-hydrogen) atoms. The predicted octanol–water partition coefficient (Wildman–Crippen LogP) is 2.64. The van der Waals surface area contributed by atoms with Gasteiger partial charge in [-0.2, -0.15) is 0 Å². The first-order valence-corrected chi connectivity index (χ1v) is 7.64. The molecule has 0 radical (unpaired) electrons. The lowest BCUT2D eigenvalue weighted by Gasteiger charge is -2.20. The van der Waals surface area contributed by atoms with Gasteiger partial charge >= 0.3 is 5.97 Å². The third-order valence-corrected chi connectivity index (χ3v) is 4.71. The second-order valence-corrected chi connectivity index (χ2v) is 6.20. The van der Waals surface area contributed by atoms with Gasteiger partial charge in [0, 0.05) is 23.5 Å². The maximum atomic E-state index is 12.5. The summed E-state index contributed by atoms with van der Waals surface area (Å²) in [4.78, 5) is 28.6. The molecule has 6 heteroatoms. The Morgan fingerprint density at radius 3 is 1.96 bits per heavy atom. The number of carbonyl (C=O) groups is 2. The van der Waals surface area contributed by atoms with Crippen LogP contribution in [-0.4, -0.2) is 45.6 Å². The zero-order valence-electron chi connectivity index (χ0n) is 14.8. The Labute approximate surface area is 140 Å². The summed E-state index contributed by atoms with van der Waals surface area (Å²) in [7, 11) is 1.37. The van der Waals surface area contributed by atoms with Crippen molar-refractivity contribution in [2.24, 2.45) is 0 Å². The third-order valence-electron chi connectivity index (χ3n) is 4.71. The van der Waals surface area contributed by atoms with Crippen molar-refractivity contribution in [2.45, 2.75) is 34.6 Å². The van der Waals surface area contributed by atoms with E-state index in [0.29, 0.717) is 11.1 Å². The van der Waals surface area contributed by atoms with E-state index in [0.717, 1.165) is 32.5 Å². The summed E-state index contributed by atoms with van der Waals surface area (Å²) < 4.78 is 0. The smallest absolute Gasteiger partial charge is 0.323 e. The number of aromatic hydroxyl groups is 1. The number of likely N-dealkylation sites (N-methyl/N-ethyl adjacent to an activating group) is 1. The number of nitrogens with zero attached hydrogens (tertiary/aromatic N) is 2. The second kappa shape index (κ2) is 6.11. The largest absolute Gasteiger partial charge is 0.505 e. The van der Waals surface area contributed by atoms with E-state index in [1.807, 2.05) is 27.7 Å². The van der Waals surface area contributed by atoms with E-state index in [1.165, 1.54) is 7.05 Å². The molecule has 0 aliphatic rings. The van der Waals surface area contributed by atoms with Gasteiger partial charge in [-0.05, 0) is 56.9 Å². The fraction of sp³-hybridized carbons (Fsp3) is 0.389. The van der Waals surface area contributed by atoms with Crippen molar-refractivity contribution in [1.82, 2.24) is 9.88 Å². The minimum atomic E-state index is -1.12. The first kappa shape index (κ1) is 17.7. The molecular formula is C18H22N2O4. The number of carboxylic acids is 1. The molecule has 1 amide bonds. The molecule has 0 unspecified atom stereocenters. The molecule has 0 saturated carbocycles. The van der Waals surface area contributed by atoms with Crippen LogP contribution < -0.4 is 0 Å². The average molecular weight is 330 g/mol. The lowest BCUT2D eigenvalue weighted by molar-refractivity contribution is -0.137. The summed E-state index contributed by atoms with van der Waals surface area (Å²) in [6.45, 7) is 9.20. The molecule has 2 aromatic rings. The molecule has 0 spiro atoms. The van der Waals surface area contributed by atoms with Crippen LogP contribution in [0.4, 0.5) is 0 Å². The zero-order chi connectivity index (χ0) is 18.3. The van der Waals surface area contributed by atoms with Crippen LogP contribution in [0, 0.1) is 34.6 Å². The van der Waals surface area contributed by atoms with Crippen LogP contribution in [0.15, 0.2) is 0 Å². The van der Waals surface area contributed by atoms with Crippen LogP contribution in [0.1, 0.15) is 38.4 Å². The molecule has 0 aliphatic carbocycles. The Morgan fingerprint density at radius 2 is 1.46 bits per heavy atom. The monoisotopic (exact) mass is 330 g/mol. The highest BCUT2D eigenvalue weighted by Crippen LogP contribution is 2.37. The van der Waals surface area contributed by atoms with Gasteiger partial charge < -0.3 is 15.1 Å². The average Bonchev–Trinajstić information content (AvgIpc) is 2.50. The van der Waals surface area contributed by atoms with Gasteiger partial charge in [-0.3, -0.25) is 9.59 Å². The first-order chi connectivity index (χ1) is 11.1. The normalized spacial score (nSPS) is 10.9. The molecule has 6 nitrogen and oxygen atoms in total. The maximum absolute atomic E-state index is 12.5. The van der Waals surface area contributed by atoms with E-state index in [1.54, 1.807) is 6.92 Å². The van der Waals surface area contributed by atoms with Crippen molar-refractivity contribution in [3.05, 3.63) is 33.6 Å². The fourth-order valence-electron chi connectivity index (χ4n) is 3.06. The molecule has 1 aromatic heterocycles. The lowest BCUT2D eigenvalue weighted by atomic mass is 9.90. The molecule has 2 N–H and O–H groups in total. The Bertz CT molecular complexity index is 872. The Balaban J connectivity index is 2.79. The molecule has 0 aliphatic heterocycles. The predicted molar refractivity (Wildman–Crippen MR) is 91.7 cm³/mol. The van der Waals surface area contributed by atoms with Crippen molar-refractivity contribution in [1.29, 1.82) is 0 Å². The van der Waals surface area contributed by atoms with E-state index in [4.69, 9.17) is 5.11 Å². The molecule has 0 saturated heterocycles. The van der Waals surface area contributed by atoms with Gasteiger partial charge in [0.15, 0.2) is 11.4 Å². The van der Waals surface area contributed by atoms with Crippen molar-refractivity contribution in [3.8, 4) is 5.75 Å². The number of pyridine rings is 1. The number of benzene rings is 1. The molecule has 0 atom stereocenters. The van der Waals surface area contributed by atoms with Crippen LogP contribution >= 0.6 is 0 Å². The third kappa shape index (κ3) is 2.68. The minimum Gasteiger partial charge on any atom is -0.505 e. The molecular weight excluding hydrogens is 308 g/mol. The standard InChI is InChI=1S/C18H22N2O4/c1-8-9(2)11(4)15-14(10(8)3)12(5)19-16(17(15)23)18(24)20(6)7-13(21)22/h23H,7H2,1-6H3,(H,21,22). The summed E-state index contributed by atoms with van der Waals surface area (Å²) in [6, 6.07) is 0. The number of aryl methyl sites for hydroxylation is 3. The van der Waals surface area contributed by atoms with E-state index in [-0.39, 0.29) is 11.4 Å². The zero-order valence-corrected chi connectivity index (χ0v) is 14.8. The van der Waals surface area contributed by atoms with Crippen molar-refractivity contribution < 1.29 is 19.8 Å². The van der Waals surface area contributed by atoms with Gasteiger partial charge in [-0.1, -0.05) is 0 Å². The molecule has 2 rings (SSSR count). The summed E-state index contributed by atoms with van der Waals surface area (Å²) in [5.74, 6) is -1.93. The van der Waals surface area contributed by atoms with Gasteiger partial charge in [-0.15, -0.1) is 0 Å². The van der Waals surface area contributed by atoms with Crippen LogP contribution in [0.3, 0.4) is 0 Å². The molecule has 1 aromatic carbocycles. The Morgan fingerprint density at radius 1 is 0.958 bits per heavy atom. The van der Waals surface area contributed by atoms with Crippen molar-refractivity contribution in [3.63, 3.8) is 0 Å². The van der Waals surface area contributed by atoms with Crippen molar-refractivity contribution >= 4 is 22.6 Å². The van der Waals surface area contributed by atoms with Gasteiger partial charge in [0.1, 0.15) is 6.54 Å². The second-order valence-electron chi connectivity index (χ2n) is 6.20. The highest BCUT2D eigenvalue weighted by molar-refractivity contribution is 6.05. The SMILES string of the molecule is Cc1c(C)c(C)c2c(O)c(C(=O)N(C)CC(=O)O)nc(C)c2c1C. The van der Waals surface area contributed by atoms with Gasteiger partial charge in [0.25, 0.3) is 5.91 Å². The molecule has 0 bridgehead atoms. The van der Waals surface area contributed by atoms with Crippen LogP contribution in [0.5, 0.6) is 5.75 Å². The number of carbonyl (C=O) groups excluding carboxylic acids is 1. The Kier molecular flexibility index (Phi) is 4.51. The number of hydrogen-bond acceptors (Lipinski definition) is 4. The van der Waals surface area contributed by atoms with E-state index in [2.05, 4.69) is 4.98 Å². The number of fused-ring (bicyclic) bond motifs is 1. The number of carboxylic acid groups (broad SMARTS) is 1. The van der Waals surface area contributed by atoms with E-state index >= 15 is 0 Å². The highest BCUT2D eigenvalue weighted by Gasteiger charge is 2.24. The molecule has 1 heterocycles. The maximum Gasteiger partial charge on any atom is 0.323 e. The quantitative estimate of drug-likeness (QED) is 0.903. The van der Waals surface area contributed by atoms with Crippen LogP contribution in [0.25, 0.3) is 10.8 Å². The molecule has 128 valence electrons. The van der Waals surface area contributed by atoms with Crippen LogP contribution in [0.2, 0.25) is 0 Å². The number of amides is 1. The summed E-state index contributed by atoms with van der Waals surface area (Å²) in [5.41, 5.74) is 4.62. The summed E-state index contributed by atoms with van der Waals surface area (Å²) in [6.07, 6.45) is 0. The minimum absolute atomic E-state index is 0.116. The lowest BCUT2D eigenvalue weighted by Crippen LogP contribution is -2.32. The van der Waals surface area contributed by atoms with E-state index in [9.17, 15) is 14.7 Å². The molecule has 0 fully saturated rings. The topological polar surface area (TPSA) is 90.7 Å². The van der Waals surface area contributed by atoms with Gasteiger partial charge in [0.05, 0.1) is 0 Å². The summed E-state index contributed by atoms with van der Waals surface area (Å²) in [5, 5.41) is 21.0. The van der Waals surface area contributed by atoms with Gasteiger partial charge in [0.2, 0.25) is 0 Å². The van der Waals surface area contributed by atoms with Gasteiger partial charge in [-0.25, -0.2) is 4.98 Å². The Hall–Kier alpha value is -2.63. The van der Waals surface area contributed by atoms with Crippen LogP contribution in [-0.2, 0) is 4.79 Å². The fourth-order valence-corrected chi connectivity index (χ4v) is 3.06. The highest BCUT2D eigenvalue weighted by atomic mass is 16.4. The number of rotatable bonds is 3. The van der Waals surface area contributed by atoms with Crippen molar-refractivity contribution in [2.75, 3.05) is 13.6 Å². The first-order valence-electron chi connectivity index (χ1n) is 7.64. The number of hydrogen-bond donors (Lipinski definition) is 2. The number of aliphatic carboxylic acids is 1. The van der Waals surface area contributed by atoms with E-state index < -0.39 is 18.4 Å². The summed E-state index contributed by atoms with van der Waals surface area (Å²) >= 11 is 0. The number of aromatic nitrogens is 1.